The fraction of sp³-hybridized carbons (Fsp3) is 0.800. The molecule has 3 N–H and O–H groups in total. The molecule has 0 saturated carbocycles. The molecule has 0 aromatic heterocycles. The second-order valence-electron chi connectivity index (χ2n) is 5.75. The second kappa shape index (κ2) is 11.7. The van der Waals surface area contributed by atoms with E-state index in [9.17, 15) is 14.4 Å². The van der Waals surface area contributed by atoms with Crippen LogP contribution < -0.4 is 16.0 Å². The zero-order chi connectivity index (χ0) is 17.0. The summed E-state index contributed by atoms with van der Waals surface area (Å²) >= 11 is 2.27. The summed E-state index contributed by atoms with van der Waals surface area (Å²) in [6.45, 7) is 6.11. The highest BCUT2D eigenvalue weighted by molar-refractivity contribution is 14.1. The lowest BCUT2D eigenvalue weighted by Crippen LogP contribution is -2.55. The van der Waals surface area contributed by atoms with E-state index >= 15 is 0 Å². The SMILES string of the molecule is CCCC(C)(CI)NC(=O)[C@H](CCCCNC=O)NC(C)=O. The fourth-order valence-corrected chi connectivity index (χ4v) is 2.82. The van der Waals surface area contributed by atoms with Crippen LogP contribution in [0.4, 0.5) is 0 Å². The number of hydrogen-bond donors (Lipinski definition) is 3. The smallest absolute Gasteiger partial charge is 0.243 e. The van der Waals surface area contributed by atoms with Gasteiger partial charge >= 0.3 is 0 Å². The van der Waals surface area contributed by atoms with E-state index in [2.05, 4.69) is 45.5 Å². The highest BCUT2D eigenvalue weighted by Crippen LogP contribution is 2.16. The van der Waals surface area contributed by atoms with Crippen molar-refractivity contribution in [3.05, 3.63) is 0 Å². The van der Waals surface area contributed by atoms with Crippen molar-refractivity contribution in [3.8, 4) is 0 Å². The molecule has 0 fully saturated rings. The first-order valence-electron chi connectivity index (χ1n) is 7.70. The maximum Gasteiger partial charge on any atom is 0.243 e. The lowest BCUT2D eigenvalue weighted by Gasteiger charge is -2.31. The molecule has 0 radical (unpaired) electrons. The Morgan fingerprint density at radius 2 is 2.00 bits per heavy atom. The molecule has 0 aliphatic rings. The van der Waals surface area contributed by atoms with E-state index in [4.69, 9.17) is 0 Å². The quantitative estimate of drug-likeness (QED) is 0.192. The van der Waals surface area contributed by atoms with Gasteiger partial charge in [0.1, 0.15) is 6.04 Å². The van der Waals surface area contributed by atoms with Crippen molar-refractivity contribution in [3.63, 3.8) is 0 Å². The first kappa shape index (κ1) is 21.1. The molecule has 6 nitrogen and oxygen atoms in total. The summed E-state index contributed by atoms with van der Waals surface area (Å²) in [5.74, 6) is -0.344. The number of carbonyl (C=O) groups excluding carboxylic acids is 3. The fourth-order valence-electron chi connectivity index (χ4n) is 2.25. The minimum absolute atomic E-state index is 0.133. The van der Waals surface area contributed by atoms with Crippen molar-refractivity contribution in [1.82, 2.24) is 16.0 Å². The predicted octanol–water partition coefficient (Wildman–Crippen LogP) is 1.52. The van der Waals surface area contributed by atoms with Crippen LogP contribution in [0.1, 0.15) is 52.9 Å². The second-order valence-corrected chi connectivity index (χ2v) is 6.52. The summed E-state index contributed by atoms with van der Waals surface area (Å²) in [6.07, 6.45) is 4.65. The van der Waals surface area contributed by atoms with Crippen molar-refractivity contribution < 1.29 is 14.4 Å². The van der Waals surface area contributed by atoms with Gasteiger partial charge in [-0.05, 0) is 32.6 Å². The number of alkyl halides is 1. The standard InChI is InChI=1S/C15H28IN3O3/c1-4-8-15(3,10-16)19-14(22)13(18-12(2)21)7-5-6-9-17-11-20/h11,13H,4-10H2,1-3H3,(H,17,20)(H,18,21)(H,19,22)/t13-,15?/m0/s1. The Morgan fingerprint density at radius 1 is 1.32 bits per heavy atom. The lowest BCUT2D eigenvalue weighted by molar-refractivity contribution is -0.129. The molecule has 3 amide bonds. The van der Waals surface area contributed by atoms with Gasteiger partial charge in [-0.3, -0.25) is 14.4 Å². The van der Waals surface area contributed by atoms with Crippen LogP contribution in [0.5, 0.6) is 0 Å². The van der Waals surface area contributed by atoms with Crippen LogP contribution in [0.25, 0.3) is 0 Å². The van der Waals surface area contributed by atoms with Crippen molar-refractivity contribution in [2.45, 2.75) is 64.5 Å². The van der Waals surface area contributed by atoms with Crippen LogP contribution >= 0.6 is 22.6 Å². The minimum atomic E-state index is -0.520. The normalized spacial score (nSPS) is 14.5. The van der Waals surface area contributed by atoms with Crippen molar-refractivity contribution in [2.75, 3.05) is 11.0 Å². The Kier molecular flexibility index (Phi) is 11.2. The van der Waals surface area contributed by atoms with Crippen molar-refractivity contribution in [1.29, 1.82) is 0 Å². The van der Waals surface area contributed by atoms with Gasteiger partial charge in [0.15, 0.2) is 0 Å². The van der Waals surface area contributed by atoms with Crippen LogP contribution in [0.3, 0.4) is 0 Å². The number of rotatable bonds is 12. The highest BCUT2D eigenvalue weighted by atomic mass is 127. The Labute approximate surface area is 146 Å². The van der Waals surface area contributed by atoms with Crippen LogP contribution in [0.2, 0.25) is 0 Å². The van der Waals surface area contributed by atoms with Gasteiger partial charge in [-0.2, -0.15) is 0 Å². The van der Waals surface area contributed by atoms with Crippen LogP contribution in [-0.2, 0) is 14.4 Å². The summed E-state index contributed by atoms with van der Waals surface area (Å²) < 4.78 is 0.820. The number of amides is 3. The Hall–Kier alpha value is -0.860. The van der Waals surface area contributed by atoms with Crippen LogP contribution in [0.15, 0.2) is 0 Å². The molecule has 0 bridgehead atoms. The highest BCUT2D eigenvalue weighted by Gasteiger charge is 2.28. The van der Waals surface area contributed by atoms with Gasteiger partial charge in [-0.15, -0.1) is 0 Å². The number of unbranched alkanes of at least 4 members (excludes halogenated alkanes) is 1. The molecular formula is C15H28IN3O3. The van der Waals surface area contributed by atoms with E-state index in [1.165, 1.54) is 6.92 Å². The van der Waals surface area contributed by atoms with Gasteiger partial charge in [0.05, 0.1) is 0 Å². The Balaban J connectivity index is 4.55. The van der Waals surface area contributed by atoms with Crippen molar-refractivity contribution in [2.24, 2.45) is 0 Å². The largest absolute Gasteiger partial charge is 0.359 e. The van der Waals surface area contributed by atoms with E-state index in [1.807, 2.05) is 6.92 Å². The molecule has 0 rings (SSSR count). The molecular weight excluding hydrogens is 397 g/mol. The third kappa shape index (κ3) is 9.22. The van der Waals surface area contributed by atoms with Gasteiger partial charge in [0.25, 0.3) is 0 Å². The van der Waals surface area contributed by atoms with Gasteiger partial charge < -0.3 is 16.0 Å². The maximum absolute atomic E-state index is 12.4. The zero-order valence-corrected chi connectivity index (χ0v) is 15.9. The average molecular weight is 425 g/mol. The third-order valence-corrected chi connectivity index (χ3v) is 5.05. The summed E-state index contributed by atoms with van der Waals surface area (Å²) in [6, 6.07) is -0.520. The number of halogens is 1. The summed E-state index contributed by atoms with van der Waals surface area (Å²) in [5, 5.41) is 8.37. The Morgan fingerprint density at radius 3 is 2.50 bits per heavy atom. The first-order valence-corrected chi connectivity index (χ1v) is 9.23. The van der Waals surface area contributed by atoms with Gasteiger partial charge in [-0.1, -0.05) is 35.9 Å². The van der Waals surface area contributed by atoms with Crippen LogP contribution in [0, 0.1) is 0 Å². The number of carbonyl (C=O) groups is 3. The summed E-state index contributed by atoms with van der Waals surface area (Å²) in [5.41, 5.74) is -0.248. The molecule has 0 aliphatic heterocycles. The molecule has 7 heteroatoms. The topological polar surface area (TPSA) is 87.3 Å². The molecule has 0 heterocycles. The van der Waals surface area contributed by atoms with Gasteiger partial charge in [0, 0.05) is 23.4 Å². The predicted molar refractivity (Wildman–Crippen MR) is 95.9 cm³/mol. The molecule has 0 aliphatic carbocycles. The summed E-state index contributed by atoms with van der Waals surface area (Å²) in [4.78, 5) is 33.9. The average Bonchev–Trinajstić information content (AvgIpc) is 2.45. The van der Waals surface area contributed by atoms with Gasteiger partial charge in [-0.25, -0.2) is 0 Å². The van der Waals surface area contributed by atoms with Crippen molar-refractivity contribution >= 4 is 40.8 Å². The Bertz CT molecular complexity index is 366. The molecule has 1 unspecified atom stereocenters. The molecule has 0 aromatic carbocycles. The number of nitrogens with one attached hydrogen (secondary N) is 3. The lowest BCUT2D eigenvalue weighted by atomic mass is 9.97. The number of hydrogen-bond acceptors (Lipinski definition) is 3. The maximum atomic E-state index is 12.4. The molecule has 22 heavy (non-hydrogen) atoms. The molecule has 2 atom stereocenters. The minimum Gasteiger partial charge on any atom is -0.359 e. The van der Waals surface area contributed by atoms with E-state index in [-0.39, 0.29) is 17.4 Å². The molecule has 0 saturated heterocycles. The van der Waals surface area contributed by atoms with Crippen LogP contribution in [-0.4, -0.2) is 40.8 Å². The zero-order valence-electron chi connectivity index (χ0n) is 13.7. The van der Waals surface area contributed by atoms with E-state index in [0.29, 0.717) is 19.4 Å². The van der Waals surface area contributed by atoms with E-state index < -0.39 is 6.04 Å². The monoisotopic (exact) mass is 425 g/mol. The van der Waals surface area contributed by atoms with Gasteiger partial charge in [0.2, 0.25) is 18.2 Å². The molecule has 0 spiro atoms. The molecule has 128 valence electrons. The van der Waals surface area contributed by atoms with E-state index in [0.717, 1.165) is 30.1 Å². The molecule has 0 aromatic rings. The summed E-state index contributed by atoms with van der Waals surface area (Å²) in [7, 11) is 0. The van der Waals surface area contributed by atoms with E-state index in [1.54, 1.807) is 0 Å². The first-order chi connectivity index (χ1) is 10.4. The third-order valence-electron chi connectivity index (χ3n) is 3.36.